The standard InChI is InChI=1S/C22H26N8O/c1-22(2,3)14-30-18-7-10-28(13-17(18)26-27-30)19-8-11-29-20(25-19)16(12-24-29)15-6-5-9-23-21(15)31-4/h5-6,8-9,11-12H,7,10,13-14H2,1-4H3. The second-order valence-corrected chi connectivity index (χ2v) is 9.05. The van der Waals surface area contributed by atoms with E-state index in [2.05, 4.69) is 50.7 Å². The SMILES string of the molecule is COc1ncccc1-c1cnn2ccc(N3CCc4c(nnn4CC(C)(C)C)C3)nc12. The molecule has 0 N–H and O–H groups in total. The lowest BCUT2D eigenvalue weighted by Crippen LogP contribution is -2.32. The van der Waals surface area contributed by atoms with Crippen LogP contribution in [0.2, 0.25) is 0 Å². The molecule has 160 valence electrons. The van der Waals surface area contributed by atoms with E-state index in [-0.39, 0.29) is 5.41 Å². The number of rotatable bonds is 4. The molecule has 5 rings (SSSR count). The van der Waals surface area contributed by atoms with Crippen LogP contribution in [0, 0.1) is 5.41 Å². The minimum absolute atomic E-state index is 0.164. The molecule has 0 amide bonds. The Morgan fingerprint density at radius 1 is 1.16 bits per heavy atom. The topological polar surface area (TPSA) is 86.3 Å². The molecule has 0 fully saturated rings. The van der Waals surface area contributed by atoms with Crippen molar-refractivity contribution in [2.45, 2.75) is 40.3 Å². The van der Waals surface area contributed by atoms with Crippen molar-refractivity contribution in [2.75, 3.05) is 18.6 Å². The lowest BCUT2D eigenvalue weighted by Gasteiger charge is -2.28. The first-order chi connectivity index (χ1) is 14.9. The number of anilines is 1. The van der Waals surface area contributed by atoms with Crippen LogP contribution in [0.25, 0.3) is 16.8 Å². The first kappa shape index (κ1) is 19.5. The largest absolute Gasteiger partial charge is 0.481 e. The zero-order chi connectivity index (χ0) is 21.6. The number of hydrogen-bond acceptors (Lipinski definition) is 7. The Morgan fingerprint density at radius 2 is 2.03 bits per heavy atom. The number of aromatic nitrogens is 7. The number of hydrogen-bond donors (Lipinski definition) is 0. The molecule has 9 heteroatoms. The van der Waals surface area contributed by atoms with Crippen molar-refractivity contribution in [1.82, 2.24) is 34.6 Å². The second-order valence-electron chi connectivity index (χ2n) is 9.05. The van der Waals surface area contributed by atoms with E-state index < -0.39 is 0 Å². The summed E-state index contributed by atoms with van der Waals surface area (Å²) >= 11 is 0. The van der Waals surface area contributed by atoms with E-state index in [1.165, 1.54) is 5.69 Å². The molecule has 4 aromatic heterocycles. The highest BCUT2D eigenvalue weighted by Gasteiger charge is 2.25. The molecule has 1 aliphatic heterocycles. The van der Waals surface area contributed by atoms with E-state index in [1.807, 2.05) is 24.4 Å². The second kappa shape index (κ2) is 7.33. The van der Waals surface area contributed by atoms with Gasteiger partial charge in [0, 0.05) is 37.5 Å². The number of methoxy groups -OCH3 is 1. The van der Waals surface area contributed by atoms with Gasteiger partial charge in [0.2, 0.25) is 5.88 Å². The highest BCUT2D eigenvalue weighted by atomic mass is 16.5. The molecule has 0 unspecified atom stereocenters. The summed E-state index contributed by atoms with van der Waals surface area (Å²) in [4.78, 5) is 11.5. The van der Waals surface area contributed by atoms with Crippen LogP contribution in [0.3, 0.4) is 0 Å². The van der Waals surface area contributed by atoms with E-state index in [4.69, 9.17) is 9.72 Å². The maximum atomic E-state index is 5.44. The molecule has 0 bridgehead atoms. The summed E-state index contributed by atoms with van der Waals surface area (Å²) in [7, 11) is 1.62. The molecule has 1 aliphatic rings. The van der Waals surface area contributed by atoms with Crippen molar-refractivity contribution in [3.8, 4) is 17.0 Å². The number of ether oxygens (including phenoxy) is 1. The van der Waals surface area contributed by atoms with E-state index >= 15 is 0 Å². The van der Waals surface area contributed by atoms with Gasteiger partial charge >= 0.3 is 0 Å². The predicted octanol–water partition coefficient (Wildman–Crippen LogP) is 3.00. The Morgan fingerprint density at radius 3 is 2.84 bits per heavy atom. The van der Waals surface area contributed by atoms with Gasteiger partial charge in [0.15, 0.2) is 5.65 Å². The van der Waals surface area contributed by atoms with Gasteiger partial charge in [-0.25, -0.2) is 19.2 Å². The molecule has 0 saturated heterocycles. The average Bonchev–Trinajstić information content (AvgIpc) is 3.36. The summed E-state index contributed by atoms with van der Waals surface area (Å²) in [6.07, 6.45) is 6.35. The third-order valence-corrected chi connectivity index (χ3v) is 5.43. The van der Waals surface area contributed by atoms with Gasteiger partial charge in [-0.3, -0.25) is 0 Å². The molecule has 0 aromatic carbocycles. The van der Waals surface area contributed by atoms with Crippen LogP contribution < -0.4 is 9.64 Å². The van der Waals surface area contributed by atoms with Gasteiger partial charge in [0.25, 0.3) is 0 Å². The van der Waals surface area contributed by atoms with Crippen molar-refractivity contribution in [1.29, 1.82) is 0 Å². The molecule has 0 saturated carbocycles. The van der Waals surface area contributed by atoms with Gasteiger partial charge in [-0.05, 0) is 23.6 Å². The zero-order valence-corrected chi connectivity index (χ0v) is 18.3. The monoisotopic (exact) mass is 418 g/mol. The van der Waals surface area contributed by atoms with Crippen LogP contribution in [0.15, 0.2) is 36.8 Å². The normalized spacial score (nSPS) is 14.1. The zero-order valence-electron chi connectivity index (χ0n) is 18.3. The van der Waals surface area contributed by atoms with Gasteiger partial charge < -0.3 is 9.64 Å². The smallest absolute Gasteiger partial charge is 0.221 e. The van der Waals surface area contributed by atoms with Gasteiger partial charge in [-0.15, -0.1) is 5.10 Å². The summed E-state index contributed by atoms with van der Waals surface area (Å²) in [6, 6.07) is 5.85. The predicted molar refractivity (Wildman–Crippen MR) is 117 cm³/mol. The van der Waals surface area contributed by atoms with E-state index in [0.717, 1.165) is 47.8 Å². The quantitative estimate of drug-likeness (QED) is 0.503. The van der Waals surface area contributed by atoms with Crippen molar-refractivity contribution >= 4 is 11.5 Å². The van der Waals surface area contributed by atoms with Crippen LogP contribution in [0.4, 0.5) is 5.82 Å². The van der Waals surface area contributed by atoms with E-state index in [1.54, 1.807) is 24.0 Å². The first-order valence-electron chi connectivity index (χ1n) is 10.4. The summed E-state index contributed by atoms with van der Waals surface area (Å²) in [6.45, 7) is 9.09. The van der Waals surface area contributed by atoms with Gasteiger partial charge in [-0.2, -0.15) is 5.10 Å². The Hall–Kier alpha value is -3.49. The highest BCUT2D eigenvalue weighted by molar-refractivity contribution is 5.80. The fourth-order valence-corrected chi connectivity index (χ4v) is 4.02. The van der Waals surface area contributed by atoms with Crippen LogP contribution in [-0.4, -0.2) is 48.2 Å². The van der Waals surface area contributed by atoms with Crippen LogP contribution in [-0.2, 0) is 19.5 Å². The van der Waals surface area contributed by atoms with Crippen molar-refractivity contribution in [3.05, 3.63) is 48.2 Å². The van der Waals surface area contributed by atoms with Crippen LogP contribution in [0.5, 0.6) is 5.88 Å². The highest BCUT2D eigenvalue weighted by Crippen LogP contribution is 2.31. The summed E-state index contributed by atoms with van der Waals surface area (Å²) in [5.41, 5.74) is 4.95. The van der Waals surface area contributed by atoms with E-state index in [0.29, 0.717) is 12.4 Å². The lowest BCUT2D eigenvalue weighted by atomic mass is 9.97. The third kappa shape index (κ3) is 3.60. The third-order valence-electron chi connectivity index (χ3n) is 5.43. The molecule has 4 aromatic rings. The Balaban J connectivity index is 1.47. The first-order valence-corrected chi connectivity index (χ1v) is 10.4. The van der Waals surface area contributed by atoms with Crippen molar-refractivity contribution in [3.63, 3.8) is 0 Å². The fraction of sp³-hybridized carbons (Fsp3) is 0.409. The number of fused-ring (bicyclic) bond motifs is 2. The molecule has 5 heterocycles. The minimum Gasteiger partial charge on any atom is -0.481 e. The van der Waals surface area contributed by atoms with Crippen molar-refractivity contribution in [2.24, 2.45) is 5.41 Å². The maximum absolute atomic E-state index is 5.44. The molecule has 9 nitrogen and oxygen atoms in total. The summed E-state index contributed by atoms with van der Waals surface area (Å²) in [5.74, 6) is 1.45. The molecule has 0 radical (unpaired) electrons. The summed E-state index contributed by atoms with van der Waals surface area (Å²) in [5, 5.41) is 13.3. The fourth-order valence-electron chi connectivity index (χ4n) is 4.02. The molecular formula is C22H26N8O. The Labute approximate surface area is 180 Å². The molecule has 0 atom stereocenters. The summed E-state index contributed by atoms with van der Waals surface area (Å²) < 4.78 is 9.28. The lowest BCUT2D eigenvalue weighted by molar-refractivity contribution is 0.315. The average molecular weight is 419 g/mol. The minimum atomic E-state index is 0.164. The number of nitrogens with zero attached hydrogens (tertiary/aromatic N) is 8. The van der Waals surface area contributed by atoms with Crippen LogP contribution >= 0.6 is 0 Å². The molecule has 31 heavy (non-hydrogen) atoms. The van der Waals surface area contributed by atoms with Gasteiger partial charge in [0.05, 0.1) is 31.1 Å². The molecule has 0 spiro atoms. The number of pyridine rings is 1. The van der Waals surface area contributed by atoms with Crippen molar-refractivity contribution < 1.29 is 4.74 Å². The van der Waals surface area contributed by atoms with Gasteiger partial charge in [-0.1, -0.05) is 26.0 Å². The maximum Gasteiger partial charge on any atom is 0.221 e. The van der Waals surface area contributed by atoms with E-state index in [9.17, 15) is 0 Å². The van der Waals surface area contributed by atoms with Gasteiger partial charge in [0.1, 0.15) is 11.5 Å². The Bertz CT molecular complexity index is 1240. The van der Waals surface area contributed by atoms with Crippen LogP contribution in [0.1, 0.15) is 32.2 Å². The Kier molecular flexibility index (Phi) is 4.60. The molecular weight excluding hydrogens is 392 g/mol. The molecule has 0 aliphatic carbocycles.